The van der Waals surface area contributed by atoms with Crippen molar-refractivity contribution in [2.75, 3.05) is 40.5 Å². The summed E-state index contributed by atoms with van der Waals surface area (Å²) < 4.78 is 12.6. The van der Waals surface area contributed by atoms with Gasteiger partial charge in [0, 0.05) is 5.56 Å². The number of hydrogen-bond donors (Lipinski definition) is 1. The molecule has 5 heteroatoms. The lowest BCUT2D eigenvalue weighted by Crippen LogP contribution is -3.00. The van der Waals surface area contributed by atoms with E-state index in [2.05, 4.69) is 103 Å². The minimum absolute atomic E-state index is 0. The first-order valence-corrected chi connectivity index (χ1v) is 13.3. The molecule has 3 aromatic carbocycles. The largest absolute Gasteiger partial charge is 1.00 e. The molecule has 0 spiro atoms. The van der Waals surface area contributed by atoms with Gasteiger partial charge in [-0.3, -0.25) is 0 Å². The summed E-state index contributed by atoms with van der Waals surface area (Å²) in [5, 5.41) is 8.63. The molecule has 4 nitrogen and oxygen atoms in total. The zero-order valence-electron chi connectivity index (χ0n) is 24.4. The highest BCUT2D eigenvalue weighted by Crippen LogP contribution is 2.36. The number of rotatable bonds is 11. The average Bonchev–Trinajstić information content (AvgIpc) is 2.81. The summed E-state index contributed by atoms with van der Waals surface area (Å²) in [7, 11) is 4.49. The number of phenolic OH excluding ortho intramolecular Hbond substituents is 1. The van der Waals surface area contributed by atoms with E-state index in [0.717, 1.165) is 36.3 Å². The number of hydrogen-bond acceptors (Lipinski definition) is 3. The molecule has 0 unspecified atom stereocenters. The highest BCUT2D eigenvalue weighted by molar-refractivity contribution is 5.31. The Kier molecular flexibility index (Phi) is 13.9. The number of nitrogens with zero attached hydrogens (tertiary/aromatic N) is 1. The van der Waals surface area contributed by atoms with Gasteiger partial charge in [-0.15, -0.1) is 0 Å². The molecule has 38 heavy (non-hydrogen) atoms. The second kappa shape index (κ2) is 15.8. The molecule has 0 fully saturated rings. The summed E-state index contributed by atoms with van der Waals surface area (Å²) in [4.78, 5) is 0. The summed E-state index contributed by atoms with van der Waals surface area (Å²) in [6.45, 7) is 15.5. The van der Waals surface area contributed by atoms with Crippen LogP contribution in [0.4, 0.5) is 0 Å². The summed E-state index contributed by atoms with van der Waals surface area (Å²) in [6, 6.07) is 27.9. The smallest absolute Gasteiger partial charge is 0.119 e. The van der Waals surface area contributed by atoms with Crippen molar-refractivity contribution >= 4 is 0 Å². The van der Waals surface area contributed by atoms with Crippen molar-refractivity contribution in [2.45, 2.75) is 53.0 Å². The fourth-order valence-corrected chi connectivity index (χ4v) is 4.65. The number of para-hydroxylation sites is 1. The van der Waals surface area contributed by atoms with Crippen molar-refractivity contribution < 1.29 is 31.5 Å². The average molecular weight is 542 g/mol. The highest BCUT2D eigenvalue weighted by atomic mass is 35.5. The molecule has 0 amide bonds. The van der Waals surface area contributed by atoms with Crippen LogP contribution in [-0.4, -0.2) is 50.1 Å². The Bertz CT molecular complexity index is 1010. The molecule has 0 radical (unpaired) electrons. The highest BCUT2D eigenvalue weighted by Gasteiger charge is 2.27. The quantitative estimate of drug-likeness (QED) is 0.287. The van der Waals surface area contributed by atoms with Gasteiger partial charge >= 0.3 is 0 Å². The first kappa shape index (κ1) is 33.5. The van der Waals surface area contributed by atoms with Gasteiger partial charge in [0.05, 0.1) is 27.3 Å². The minimum atomic E-state index is 0. The molecule has 0 aliphatic carbocycles. The zero-order valence-corrected chi connectivity index (χ0v) is 25.2. The fourth-order valence-electron chi connectivity index (χ4n) is 4.65. The van der Waals surface area contributed by atoms with Crippen LogP contribution in [0.15, 0.2) is 84.9 Å². The molecule has 3 rings (SSSR count). The van der Waals surface area contributed by atoms with Gasteiger partial charge in [0.1, 0.15) is 31.2 Å². The van der Waals surface area contributed by atoms with Crippen LogP contribution in [0, 0.1) is 5.41 Å². The predicted octanol–water partition coefficient (Wildman–Crippen LogP) is 4.47. The van der Waals surface area contributed by atoms with E-state index in [9.17, 15) is 0 Å². The van der Waals surface area contributed by atoms with Crippen LogP contribution < -0.4 is 17.1 Å². The van der Waals surface area contributed by atoms with Crippen LogP contribution in [0.2, 0.25) is 0 Å². The van der Waals surface area contributed by atoms with E-state index in [1.807, 2.05) is 6.07 Å². The van der Waals surface area contributed by atoms with Gasteiger partial charge in [0.25, 0.3) is 0 Å². The molecule has 0 saturated carbocycles. The second-order valence-corrected chi connectivity index (χ2v) is 12.2. The maximum absolute atomic E-state index is 8.63. The zero-order chi connectivity index (χ0) is 27.4. The number of ether oxygens (including phenoxy) is 2. The Hall–Kier alpha value is -2.53. The molecule has 1 N–H and O–H groups in total. The standard InChI is InChI=1S/C27H42NO2.C6H6O.ClH/c1-26(2,3)22-27(4,5)24-13-15-25(16-14-24)30-20-19-29-18-17-28(6,7)21-23-11-9-8-10-12-23;7-6-4-2-1-3-5-6;/h8-16H,17-22H2,1-7H3;1-5,7H;1H/q+1;;/p-1. The van der Waals surface area contributed by atoms with Crippen molar-refractivity contribution in [1.29, 1.82) is 0 Å². The number of benzene rings is 3. The van der Waals surface area contributed by atoms with E-state index in [1.165, 1.54) is 11.1 Å². The number of aromatic hydroxyl groups is 1. The Labute approximate surface area is 237 Å². The fraction of sp³-hybridized carbons (Fsp3) is 0.455. The third-order valence-electron chi connectivity index (χ3n) is 6.16. The van der Waals surface area contributed by atoms with Gasteiger partial charge in [-0.05, 0) is 47.1 Å². The van der Waals surface area contributed by atoms with Crippen LogP contribution in [0.1, 0.15) is 52.2 Å². The molecule has 0 bridgehead atoms. The molecule has 0 aliphatic rings. The summed E-state index contributed by atoms with van der Waals surface area (Å²) in [5.41, 5.74) is 3.19. The lowest BCUT2D eigenvalue weighted by molar-refractivity contribution is -0.904. The molecular formula is C33H48ClNO3. The first-order valence-electron chi connectivity index (χ1n) is 13.3. The molecule has 0 atom stereocenters. The van der Waals surface area contributed by atoms with Crippen molar-refractivity contribution in [2.24, 2.45) is 5.41 Å². The van der Waals surface area contributed by atoms with Gasteiger partial charge in [0.15, 0.2) is 0 Å². The van der Waals surface area contributed by atoms with Crippen molar-refractivity contribution in [3.8, 4) is 11.5 Å². The van der Waals surface area contributed by atoms with Crippen LogP contribution in [0.5, 0.6) is 11.5 Å². The lowest BCUT2D eigenvalue weighted by atomic mass is 9.72. The summed E-state index contributed by atoms with van der Waals surface area (Å²) in [5.74, 6) is 1.23. The first-order chi connectivity index (χ1) is 17.4. The van der Waals surface area contributed by atoms with Crippen LogP contribution in [0.3, 0.4) is 0 Å². The van der Waals surface area contributed by atoms with Crippen molar-refractivity contribution in [1.82, 2.24) is 0 Å². The second-order valence-electron chi connectivity index (χ2n) is 12.2. The molecule has 0 aliphatic heterocycles. The molecule has 3 aromatic rings. The van der Waals surface area contributed by atoms with E-state index >= 15 is 0 Å². The Morgan fingerprint density at radius 2 is 1.26 bits per heavy atom. The monoisotopic (exact) mass is 541 g/mol. The Balaban J connectivity index is 0.000000779. The van der Waals surface area contributed by atoms with E-state index < -0.39 is 0 Å². The molecule has 0 aromatic heterocycles. The van der Waals surface area contributed by atoms with Crippen LogP contribution >= 0.6 is 0 Å². The Morgan fingerprint density at radius 3 is 1.76 bits per heavy atom. The maximum Gasteiger partial charge on any atom is 0.119 e. The van der Waals surface area contributed by atoms with Crippen LogP contribution in [-0.2, 0) is 16.7 Å². The number of phenols is 1. The van der Waals surface area contributed by atoms with E-state index in [0.29, 0.717) is 24.4 Å². The number of halogens is 1. The van der Waals surface area contributed by atoms with Gasteiger partial charge in [-0.25, -0.2) is 0 Å². The molecule has 0 saturated heterocycles. The topological polar surface area (TPSA) is 38.7 Å². The maximum atomic E-state index is 8.63. The van der Waals surface area contributed by atoms with Crippen molar-refractivity contribution in [3.63, 3.8) is 0 Å². The molecule has 0 heterocycles. The van der Waals surface area contributed by atoms with E-state index in [-0.39, 0.29) is 17.8 Å². The normalized spacial score (nSPS) is 11.7. The Morgan fingerprint density at radius 1 is 0.711 bits per heavy atom. The van der Waals surface area contributed by atoms with Gasteiger partial charge < -0.3 is 31.5 Å². The van der Waals surface area contributed by atoms with E-state index in [1.54, 1.807) is 24.3 Å². The van der Waals surface area contributed by atoms with Crippen LogP contribution in [0.25, 0.3) is 0 Å². The summed E-state index contributed by atoms with van der Waals surface area (Å²) in [6.07, 6.45) is 1.15. The lowest BCUT2D eigenvalue weighted by Gasteiger charge is -2.33. The minimum Gasteiger partial charge on any atom is -1.00 e. The van der Waals surface area contributed by atoms with E-state index in [4.69, 9.17) is 14.6 Å². The molecule has 210 valence electrons. The summed E-state index contributed by atoms with van der Waals surface area (Å²) >= 11 is 0. The van der Waals surface area contributed by atoms with Gasteiger partial charge in [-0.1, -0.05) is 95.3 Å². The number of quaternary nitrogens is 1. The number of likely N-dealkylation sites (N-methyl/N-ethyl adjacent to an activating group) is 1. The van der Waals surface area contributed by atoms with Gasteiger partial charge in [-0.2, -0.15) is 0 Å². The van der Waals surface area contributed by atoms with Gasteiger partial charge in [0.2, 0.25) is 0 Å². The predicted molar refractivity (Wildman–Crippen MR) is 155 cm³/mol. The third-order valence-corrected chi connectivity index (χ3v) is 6.16. The SMILES string of the molecule is CC(C)(C)CC(C)(C)c1ccc(OCCOCC[N+](C)(C)Cc2ccccc2)cc1.Oc1ccccc1.[Cl-]. The molecular weight excluding hydrogens is 494 g/mol. The van der Waals surface area contributed by atoms with Crippen molar-refractivity contribution in [3.05, 3.63) is 96.1 Å². The third kappa shape index (κ3) is 13.9.